The molecule has 0 unspecified atom stereocenters. The molecule has 0 saturated carbocycles. The van der Waals surface area contributed by atoms with Crippen LogP contribution < -0.4 is 10.2 Å². The van der Waals surface area contributed by atoms with Crippen molar-refractivity contribution in [3.8, 4) is 0 Å². The van der Waals surface area contributed by atoms with Gasteiger partial charge in [-0.2, -0.15) is 0 Å². The van der Waals surface area contributed by atoms with Gasteiger partial charge in [0.05, 0.1) is 18.7 Å². The van der Waals surface area contributed by atoms with E-state index in [1.54, 1.807) is 11.2 Å². The van der Waals surface area contributed by atoms with Gasteiger partial charge in [-0.05, 0) is 43.2 Å². The second-order valence-electron chi connectivity index (χ2n) is 7.20. The number of para-hydroxylation sites is 1. The van der Waals surface area contributed by atoms with E-state index in [1.807, 2.05) is 50.2 Å². The summed E-state index contributed by atoms with van der Waals surface area (Å²) >= 11 is 0. The number of amides is 2. The number of benzene rings is 2. The highest BCUT2D eigenvalue weighted by Gasteiger charge is 2.31. The smallest absolute Gasteiger partial charge is 0.229 e. The average Bonchev–Trinajstić information content (AvgIpc) is 3.19. The highest BCUT2D eigenvalue weighted by molar-refractivity contribution is 5.97. The minimum atomic E-state index is -0.174. The minimum Gasteiger partial charge on any atom is -0.464 e. The Bertz CT molecular complexity index is 1010. The molecular formula is C22H22N2O3. The Labute approximate surface area is 158 Å². The molecule has 5 heteroatoms. The Morgan fingerprint density at radius 2 is 2.00 bits per heavy atom. The van der Waals surface area contributed by atoms with E-state index < -0.39 is 0 Å². The third-order valence-electron chi connectivity index (χ3n) is 5.00. The zero-order valence-electron chi connectivity index (χ0n) is 15.5. The quantitative estimate of drug-likeness (QED) is 0.772. The molecule has 0 aliphatic carbocycles. The number of aryl methyl sites for hydroxylation is 2. The molecular weight excluding hydrogens is 340 g/mol. The summed E-state index contributed by atoms with van der Waals surface area (Å²) in [7, 11) is 0. The average molecular weight is 362 g/mol. The third kappa shape index (κ3) is 3.45. The number of carbonyl (C=O) groups is 2. The van der Waals surface area contributed by atoms with Gasteiger partial charge in [-0.1, -0.05) is 24.3 Å². The third-order valence-corrected chi connectivity index (χ3v) is 5.00. The number of furan rings is 1. The van der Waals surface area contributed by atoms with Gasteiger partial charge in [0.2, 0.25) is 11.8 Å². The van der Waals surface area contributed by atoms with Crippen LogP contribution in [0.25, 0.3) is 11.0 Å². The molecule has 2 aromatic carbocycles. The molecule has 0 bridgehead atoms. The van der Waals surface area contributed by atoms with Gasteiger partial charge in [-0.15, -0.1) is 0 Å². The lowest BCUT2D eigenvalue weighted by Crippen LogP contribution is -2.38. The van der Waals surface area contributed by atoms with Crippen LogP contribution in [0.3, 0.4) is 0 Å². The first-order valence-electron chi connectivity index (χ1n) is 9.13. The van der Waals surface area contributed by atoms with E-state index in [0.717, 1.165) is 33.3 Å². The summed E-state index contributed by atoms with van der Waals surface area (Å²) in [4.78, 5) is 26.6. The first-order valence-corrected chi connectivity index (χ1v) is 9.13. The van der Waals surface area contributed by atoms with Gasteiger partial charge < -0.3 is 14.6 Å². The Kier molecular flexibility index (Phi) is 4.44. The summed E-state index contributed by atoms with van der Waals surface area (Å²) < 4.78 is 5.63. The van der Waals surface area contributed by atoms with E-state index in [4.69, 9.17) is 4.42 Å². The Morgan fingerprint density at radius 1 is 1.22 bits per heavy atom. The van der Waals surface area contributed by atoms with Crippen LogP contribution in [-0.2, 0) is 16.0 Å². The van der Waals surface area contributed by atoms with Crippen molar-refractivity contribution >= 4 is 28.5 Å². The van der Waals surface area contributed by atoms with Crippen LogP contribution >= 0.6 is 0 Å². The standard InChI is InChI=1S/C22H22N2O3/c1-14-8-15(2)22-16(13-27-19(22)9-14)10-20(25)23-17-11-21(26)24(12-17)18-6-4-3-5-7-18/h3-9,13,17H,10-12H2,1-2H3,(H,23,25)/t17-/m1/s1. The van der Waals surface area contributed by atoms with Gasteiger partial charge in [0.15, 0.2) is 0 Å². The van der Waals surface area contributed by atoms with Gasteiger partial charge in [-0.25, -0.2) is 0 Å². The zero-order valence-corrected chi connectivity index (χ0v) is 15.5. The highest BCUT2D eigenvalue weighted by Crippen LogP contribution is 2.27. The summed E-state index contributed by atoms with van der Waals surface area (Å²) in [5.41, 5.74) is 4.79. The normalized spacial score (nSPS) is 16.9. The van der Waals surface area contributed by atoms with E-state index in [-0.39, 0.29) is 24.3 Å². The molecule has 1 saturated heterocycles. The van der Waals surface area contributed by atoms with Crippen molar-refractivity contribution in [3.05, 3.63) is 65.4 Å². The van der Waals surface area contributed by atoms with Crippen molar-refractivity contribution < 1.29 is 14.0 Å². The lowest BCUT2D eigenvalue weighted by Gasteiger charge is -2.17. The topological polar surface area (TPSA) is 62.6 Å². The molecule has 2 heterocycles. The van der Waals surface area contributed by atoms with Crippen LogP contribution in [0, 0.1) is 13.8 Å². The van der Waals surface area contributed by atoms with Crippen LogP contribution in [0.2, 0.25) is 0 Å². The monoisotopic (exact) mass is 362 g/mol. The second kappa shape index (κ2) is 6.91. The number of nitrogens with one attached hydrogen (secondary N) is 1. The number of carbonyl (C=O) groups excluding carboxylic acids is 2. The maximum Gasteiger partial charge on any atom is 0.229 e. The fourth-order valence-corrected chi connectivity index (χ4v) is 3.87. The number of rotatable bonds is 4. The van der Waals surface area contributed by atoms with Crippen LogP contribution in [0.5, 0.6) is 0 Å². The molecule has 0 spiro atoms. The SMILES string of the molecule is Cc1cc(C)c2c(CC(=O)N[C@@H]3CC(=O)N(c4ccccc4)C3)coc2c1. The molecule has 27 heavy (non-hydrogen) atoms. The number of hydrogen-bond acceptors (Lipinski definition) is 3. The van der Waals surface area contributed by atoms with Crippen molar-refractivity contribution in [1.29, 1.82) is 0 Å². The molecule has 4 rings (SSSR count). The summed E-state index contributed by atoms with van der Waals surface area (Å²) in [5, 5.41) is 4.00. The summed E-state index contributed by atoms with van der Waals surface area (Å²) in [6, 6.07) is 13.4. The highest BCUT2D eigenvalue weighted by atomic mass is 16.3. The molecule has 1 N–H and O–H groups in total. The second-order valence-corrected chi connectivity index (χ2v) is 7.20. The summed E-state index contributed by atoms with van der Waals surface area (Å²) in [5.74, 6) is -0.0584. The van der Waals surface area contributed by atoms with Crippen LogP contribution in [0.15, 0.2) is 53.1 Å². The lowest BCUT2D eigenvalue weighted by atomic mass is 10.0. The van der Waals surface area contributed by atoms with Crippen molar-refractivity contribution in [2.75, 3.05) is 11.4 Å². The van der Waals surface area contributed by atoms with Crippen molar-refractivity contribution in [2.24, 2.45) is 0 Å². The molecule has 3 aromatic rings. The largest absolute Gasteiger partial charge is 0.464 e. The first kappa shape index (κ1) is 17.3. The van der Waals surface area contributed by atoms with Gasteiger partial charge in [0.25, 0.3) is 0 Å². The fourth-order valence-electron chi connectivity index (χ4n) is 3.87. The van der Waals surface area contributed by atoms with Crippen LogP contribution in [0.4, 0.5) is 5.69 Å². The summed E-state index contributed by atoms with van der Waals surface area (Å²) in [6.07, 6.45) is 2.23. The van der Waals surface area contributed by atoms with E-state index in [2.05, 4.69) is 11.4 Å². The fraction of sp³-hybridized carbons (Fsp3) is 0.273. The Morgan fingerprint density at radius 3 is 2.78 bits per heavy atom. The molecule has 2 amide bonds. The maximum absolute atomic E-state index is 12.6. The molecule has 1 aliphatic rings. The number of fused-ring (bicyclic) bond motifs is 1. The predicted molar refractivity (Wildman–Crippen MR) is 105 cm³/mol. The van der Waals surface area contributed by atoms with Gasteiger partial charge in [-0.3, -0.25) is 9.59 Å². The maximum atomic E-state index is 12.6. The molecule has 5 nitrogen and oxygen atoms in total. The van der Waals surface area contributed by atoms with Gasteiger partial charge in [0, 0.05) is 29.6 Å². The minimum absolute atomic E-state index is 0.0339. The van der Waals surface area contributed by atoms with Crippen LogP contribution in [-0.4, -0.2) is 24.4 Å². The predicted octanol–water partition coefficient (Wildman–Crippen LogP) is 3.51. The molecule has 1 fully saturated rings. The van der Waals surface area contributed by atoms with Crippen molar-refractivity contribution in [1.82, 2.24) is 5.32 Å². The van der Waals surface area contributed by atoms with E-state index in [1.165, 1.54) is 0 Å². The van der Waals surface area contributed by atoms with E-state index >= 15 is 0 Å². The molecule has 1 aliphatic heterocycles. The van der Waals surface area contributed by atoms with Crippen molar-refractivity contribution in [2.45, 2.75) is 32.7 Å². The van der Waals surface area contributed by atoms with E-state index in [0.29, 0.717) is 13.0 Å². The number of hydrogen-bond donors (Lipinski definition) is 1. The van der Waals surface area contributed by atoms with Crippen molar-refractivity contribution in [3.63, 3.8) is 0 Å². The lowest BCUT2D eigenvalue weighted by molar-refractivity contribution is -0.121. The molecule has 138 valence electrons. The van der Waals surface area contributed by atoms with Gasteiger partial charge in [0.1, 0.15) is 5.58 Å². The Hall–Kier alpha value is -3.08. The first-order chi connectivity index (χ1) is 13.0. The van der Waals surface area contributed by atoms with Gasteiger partial charge >= 0.3 is 0 Å². The number of anilines is 1. The number of nitrogens with zero attached hydrogens (tertiary/aromatic N) is 1. The zero-order chi connectivity index (χ0) is 19.0. The summed E-state index contributed by atoms with van der Waals surface area (Å²) in [6.45, 7) is 4.55. The van der Waals surface area contributed by atoms with Crippen LogP contribution in [0.1, 0.15) is 23.1 Å². The molecule has 0 radical (unpaired) electrons. The van der Waals surface area contributed by atoms with E-state index in [9.17, 15) is 9.59 Å². The molecule has 1 aromatic heterocycles. The Balaban J connectivity index is 1.44. The molecule has 1 atom stereocenters.